The highest BCUT2D eigenvalue weighted by Crippen LogP contribution is 2.33. The molecule has 0 spiro atoms. The van der Waals surface area contributed by atoms with E-state index in [0.29, 0.717) is 18.7 Å². The lowest BCUT2D eigenvalue weighted by Gasteiger charge is -2.38. The van der Waals surface area contributed by atoms with Crippen molar-refractivity contribution in [3.05, 3.63) is 22.2 Å². The highest BCUT2D eigenvalue weighted by atomic mass is 35.5. The minimum atomic E-state index is -1.00. The molecule has 0 bridgehead atoms. The summed E-state index contributed by atoms with van der Waals surface area (Å²) in [7, 11) is 0. The van der Waals surface area contributed by atoms with Gasteiger partial charge in [-0.2, -0.15) is 0 Å². The summed E-state index contributed by atoms with van der Waals surface area (Å²) in [4.78, 5) is 7.54. The van der Waals surface area contributed by atoms with Crippen molar-refractivity contribution >= 4 is 23.2 Å². The molecule has 4 nitrogen and oxygen atoms in total. The summed E-state index contributed by atoms with van der Waals surface area (Å²) in [6.07, 6.45) is 1.27. The zero-order valence-electron chi connectivity index (χ0n) is 6.59. The number of halogens is 2. The van der Waals surface area contributed by atoms with Crippen LogP contribution in [-0.2, 0) is 5.60 Å². The Morgan fingerprint density at radius 2 is 1.85 bits per heavy atom. The van der Waals surface area contributed by atoms with Crippen LogP contribution < -0.4 is 5.32 Å². The van der Waals surface area contributed by atoms with E-state index >= 15 is 0 Å². The van der Waals surface area contributed by atoms with Crippen LogP contribution in [0.3, 0.4) is 0 Å². The number of nitrogens with one attached hydrogen (secondary N) is 1. The Balaban J connectivity index is 2.49. The third-order valence-electron chi connectivity index (χ3n) is 2.05. The first kappa shape index (κ1) is 9.15. The lowest BCUT2D eigenvalue weighted by molar-refractivity contribution is -0.0150. The van der Waals surface area contributed by atoms with Gasteiger partial charge in [0, 0.05) is 13.1 Å². The van der Waals surface area contributed by atoms with Gasteiger partial charge in [-0.25, -0.2) is 9.97 Å². The second-order valence-electron chi connectivity index (χ2n) is 2.97. The smallest absolute Gasteiger partial charge is 0.140 e. The molecule has 2 N–H and O–H groups in total. The van der Waals surface area contributed by atoms with Crippen LogP contribution >= 0.6 is 23.2 Å². The maximum Gasteiger partial charge on any atom is 0.140 e. The predicted octanol–water partition coefficient (Wildman–Crippen LogP) is 0.574. The van der Waals surface area contributed by atoms with Crippen LogP contribution in [0.5, 0.6) is 0 Å². The van der Waals surface area contributed by atoms with E-state index in [2.05, 4.69) is 15.3 Å². The Morgan fingerprint density at radius 1 is 1.31 bits per heavy atom. The molecule has 0 amide bonds. The lowest BCUT2D eigenvalue weighted by Crippen LogP contribution is -2.57. The van der Waals surface area contributed by atoms with E-state index in [9.17, 15) is 5.11 Å². The second-order valence-corrected chi connectivity index (χ2v) is 3.68. The molecule has 0 atom stereocenters. The van der Waals surface area contributed by atoms with Gasteiger partial charge in [0.1, 0.15) is 22.2 Å². The predicted molar refractivity (Wildman–Crippen MR) is 48.8 cm³/mol. The molecule has 2 heterocycles. The summed E-state index contributed by atoms with van der Waals surface area (Å²) in [5, 5.41) is 13.3. The largest absolute Gasteiger partial charge is 0.382 e. The molecular weight excluding hydrogens is 213 g/mol. The summed E-state index contributed by atoms with van der Waals surface area (Å²) in [5.74, 6) is 0. The topological polar surface area (TPSA) is 58.0 Å². The second kappa shape index (κ2) is 3.06. The first-order chi connectivity index (χ1) is 6.13. The number of nitrogens with zero attached hydrogens (tertiary/aromatic N) is 2. The Labute approximate surface area is 84.9 Å². The van der Waals surface area contributed by atoms with Gasteiger partial charge in [0.2, 0.25) is 0 Å². The Bertz CT molecular complexity index is 320. The maximum atomic E-state index is 9.93. The number of aromatic nitrogens is 2. The first-order valence-electron chi connectivity index (χ1n) is 3.73. The molecule has 70 valence electrons. The molecule has 1 fully saturated rings. The first-order valence-corrected chi connectivity index (χ1v) is 4.49. The van der Waals surface area contributed by atoms with Crippen LogP contribution in [0.4, 0.5) is 0 Å². The molecule has 13 heavy (non-hydrogen) atoms. The van der Waals surface area contributed by atoms with Crippen LogP contribution in [0, 0.1) is 0 Å². The van der Waals surface area contributed by atoms with Crippen molar-refractivity contribution in [1.82, 2.24) is 15.3 Å². The number of hydrogen-bond acceptors (Lipinski definition) is 4. The molecule has 0 aliphatic carbocycles. The zero-order chi connectivity index (χ0) is 9.47. The molecule has 0 unspecified atom stereocenters. The lowest BCUT2D eigenvalue weighted by atomic mass is 9.90. The number of hydrogen-bond donors (Lipinski definition) is 2. The summed E-state index contributed by atoms with van der Waals surface area (Å²) >= 11 is 11.6. The van der Waals surface area contributed by atoms with Gasteiger partial charge in [0.15, 0.2) is 0 Å². The fourth-order valence-electron chi connectivity index (χ4n) is 1.27. The molecule has 0 radical (unpaired) electrons. The summed E-state index contributed by atoms with van der Waals surface area (Å²) in [6, 6.07) is 0. The monoisotopic (exact) mass is 219 g/mol. The Morgan fingerprint density at radius 3 is 2.23 bits per heavy atom. The number of β-amino-alcohol motifs (C(OH)–C–C–N with tert-alkyl or cyclic N) is 1. The van der Waals surface area contributed by atoms with E-state index in [0.717, 1.165) is 0 Å². The van der Waals surface area contributed by atoms with Crippen molar-refractivity contribution in [1.29, 1.82) is 0 Å². The van der Waals surface area contributed by atoms with E-state index in [-0.39, 0.29) is 10.3 Å². The molecular formula is C7H7Cl2N3O. The van der Waals surface area contributed by atoms with Gasteiger partial charge in [0.25, 0.3) is 0 Å². The SMILES string of the molecule is OC1(c2c(Cl)ncnc2Cl)CNC1. The quantitative estimate of drug-likeness (QED) is 0.679. The number of aliphatic hydroxyl groups is 1. The van der Waals surface area contributed by atoms with Crippen LogP contribution in [0.1, 0.15) is 5.56 Å². The zero-order valence-corrected chi connectivity index (χ0v) is 8.10. The van der Waals surface area contributed by atoms with Crippen LogP contribution in [-0.4, -0.2) is 28.2 Å². The van der Waals surface area contributed by atoms with Crippen molar-refractivity contribution in [3.63, 3.8) is 0 Å². The Kier molecular flexibility index (Phi) is 2.15. The van der Waals surface area contributed by atoms with Gasteiger partial charge >= 0.3 is 0 Å². The van der Waals surface area contributed by atoms with Crippen LogP contribution in [0.15, 0.2) is 6.33 Å². The minimum Gasteiger partial charge on any atom is -0.382 e. The van der Waals surface area contributed by atoms with Gasteiger partial charge in [-0.1, -0.05) is 23.2 Å². The van der Waals surface area contributed by atoms with Crippen molar-refractivity contribution in [2.75, 3.05) is 13.1 Å². The third-order valence-corrected chi connectivity index (χ3v) is 2.63. The molecule has 0 saturated carbocycles. The molecule has 1 aliphatic rings. The average Bonchev–Trinajstić information content (AvgIpc) is 2.01. The van der Waals surface area contributed by atoms with Crippen molar-refractivity contribution in [3.8, 4) is 0 Å². The maximum absolute atomic E-state index is 9.93. The van der Waals surface area contributed by atoms with Gasteiger partial charge < -0.3 is 10.4 Å². The van der Waals surface area contributed by atoms with Crippen LogP contribution in [0.2, 0.25) is 10.3 Å². The number of rotatable bonds is 1. The standard InChI is InChI=1S/C7H7Cl2N3O/c8-5-4(6(9)12-3-11-5)7(13)1-10-2-7/h3,10,13H,1-2H2. The highest BCUT2D eigenvalue weighted by molar-refractivity contribution is 6.34. The molecule has 1 aromatic heterocycles. The highest BCUT2D eigenvalue weighted by Gasteiger charge is 2.40. The third kappa shape index (κ3) is 1.40. The molecule has 0 aromatic carbocycles. The minimum absolute atomic E-state index is 0.212. The van der Waals surface area contributed by atoms with Crippen molar-refractivity contribution in [2.45, 2.75) is 5.60 Å². The molecule has 1 aliphatic heterocycles. The molecule has 2 rings (SSSR count). The normalized spacial score (nSPS) is 19.6. The Hall–Kier alpha value is -0.420. The fourth-order valence-corrected chi connectivity index (χ4v) is 1.93. The van der Waals surface area contributed by atoms with E-state index in [1.165, 1.54) is 6.33 Å². The van der Waals surface area contributed by atoms with Gasteiger partial charge in [0.05, 0.1) is 5.56 Å². The van der Waals surface area contributed by atoms with Gasteiger partial charge in [-0.05, 0) is 0 Å². The van der Waals surface area contributed by atoms with Gasteiger partial charge in [-0.15, -0.1) is 0 Å². The van der Waals surface area contributed by atoms with Gasteiger partial charge in [-0.3, -0.25) is 0 Å². The fraction of sp³-hybridized carbons (Fsp3) is 0.429. The summed E-state index contributed by atoms with van der Waals surface area (Å²) in [5.41, 5.74) is -0.591. The average molecular weight is 220 g/mol. The summed E-state index contributed by atoms with van der Waals surface area (Å²) < 4.78 is 0. The van der Waals surface area contributed by atoms with E-state index < -0.39 is 5.60 Å². The van der Waals surface area contributed by atoms with Crippen molar-refractivity contribution < 1.29 is 5.11 Å². The van der Waals surface area contributed by atoms with Crippen molar-refractivity contribution in [2.24, 2.45) is 0 Å². The summed E-state index contributed by atoms with van der Waals surface area (Å²) in [6.45, 7) is 0.861. The molecule has 6 heteroatoms. The van der Waals surface area contributed by atoms with Crippen LogP contribution in [0.25, 0.3) is 0 Å². The molecule has 1 aromatic rings. The van der Waals surface area contributed by atoms with E-state index in [1.807, 2.05) is 0 Å². The molecule has 1 saturated heterocycles. The van der Waals surface area contributed by atoms with E-state index in [1.54, 1.807) is 0 Å². The van der Waals surface area contributed by atoms with E-state index in [4.69, 9.17) is 23.2 Å².